The number of ether oxygens (including phenoxy) is 4. The summed E-state index contributed by atoms with van der Waals surface area (Å²) in [6.07, 6.45) is 1.49. The van der Waals surface area contributed by atoms with E-state index in [-0.39, 0.29) is 5.91 Å². The summed E-state index contributed by atoms with van der Waals surface area (Å²) in [7, 11) is 4.70. The van der Waals surface area contributed by atoms with E-state index >= 15 is 0 Å². The van der Waals surface area contributed by atoms with Gasteiger partial charge in [-0.1, -0.05) is 24.6 Å². The van der Waals surface area contributed by atoms with Crippen molar-refractivity contribution in [3.05, 3.63) is 46.5 Å². The Morgan fingerprint density at radius 2 is 1.71 bits per heavy atom. The molecular weight excluding hydrogens is 382 g/mol. The van der Waals surface area contributed by atoms with E-state index in [1.165, 1.54) is 7.11 Å². The number of hydrogen-bond donors (Lipinski definition) is 1. The van der Waals surface area contributed by atoms with Gasteiger partial charge in [-0.25, -0.2) is 0 Å². The van der Waals surface area contributed by atoms with Crippen LogP contribution in [0.4, 0.5) is 0 Å². The van der Waals surface area contributed by atoms with Gasteiger partial charge >= 0.3 is 0 Å². The molecule has 2 aromatic carbocycles. The van der Waals surface area contributed by atoms with Crippen molar-refractivity contribution in [2.75, 3.05) is 34.5 Å². The highest BCUT2D eigenvalue weighted by atomic mass is 35.5. The molecule has 0 heterocycles. The number of carbonyl (C=O) groups excluding carboxylic acids is 1. The maximum Gasteiger partial charge on any atom is 0.251 e. The van der Waals surface area contributed by atoms with Crippen molar-refractivity contribution in [1.82, 2.24) is 5.32 Å². The Labute approximate surface area is 170 Å². The molecule has 0 fully saturated rings. The predicted octanol–water partition coefficient (Wildman–Crippen LogP) is 4.13. The SMILES string of the molecule is CCCOc1c(Cl)cc(C(=O)NCCc2ccc(OC)c(OC)c2)cc1OC. The number of benzene rings is 2. The van der Waals surface area contributed by atoms with Gasteiger partial charge in [-0.2, -0.15) is 0 Å². The molecule has 0 unspecified atom stereocenters. The van der Waals surface area contributed by atoms with Gasteiger partial charge in [0, 0.05) is 12.1 Å². The molecule has 0 atom stereocenters. The van der Waals surface area contributed by atoms with E-state index in [0.717, 1.165) is 12.0 Å². The number of methoxy groups -OCH3 is 3. The number of amides is 1. The third-order valence-electron chi connectivity index (χ3n) is 4.09. The zero-order valence-corrected chi connectivity index (χ0v) is 17.4. The molecule has 28 heavy (non-hydrogen) atoms. The fourth-order valence-electron chi connectivity index (χ4n) is 2.65. The third-order valence-corrected chi connectivity index (χ3v) is 4.37. The maximum absolute atomic E-state index is 12.5. The summed E-state index contributed by atoms with van der Waals surface area (Å²) in [6, 6.07) is 8.89. The van der Waals surface area contributed by atoms with Crippen LogP contribution in [-0.4, -0.2) is 40.4 Å². The molecule has 2 rings (SSSR count). The normalized spacial score (nSPS) is 10.3. The molecule has 0 spiro atoms. The van der Waals surface area contributed by atoms with Crippen LogP contribution in [0.25, 0.3) is 0 Å². The van der Waals surface area contributed by atoms with Crippen LogP contribution in [0, 0.1) is 0 Å². The van der Waals surface area contributed by atoms with Crippen molar-refractivity contribution in [3.8, 4) is 23.0 Å². The van der Waals surface area contributed by atoms with E-state index in [2.05, 4.69) is 5.32 Å². The Morgan fingerprint density at radius 3 is 2.36 bits per heavy atom. The summed E-state index contributed by atoms with van der Waals surface area (Å²) in [5.41, 5.74) is 1.44. The molecule has 0 bridgehead atoms. The lowest BCUT2D eigenvalue weighted by molar-refractivity contribution is 0.0953. The maximum atomic E-state index is 12.5. The van der Waals surface area contributed by atoms with E-state index < -0.39 is 0 Å². The van der Waals surface area contributed by atoms with Gasteiger partial charge in [0.15, 0.2) is 23.0 Å². The summed E-state index contributed by atoms with van der Waals surface area (Å²) >= 11 is 6.27. The first-order valence-electron chi connectivity index (χ1n) is 9.03. The molecule has 152 valence electrons. The fourth-order valence-corrected chi connectivity index (χ4v) is 2.92. The van der Waals surface area contributed by atoms with E-state index in [0.29, 0.717) is 53.2 Å². The first-order valence-corrected chi connectivity index (χ1v) is 9.41. The molecule has 7 heteroatoms. The van der Waals surface area contributed by atoms with Gasteiger partial charge in [-0.05, 0) is 42.7 Å². The fraction of sp³-hybridized carbons (Fsp3) is 0.381. The Hall–Kier alpha value is -2.60. The van der Waals surface area contributed by atoms with Crippen molar-refractivity contribution in [2.45, 2.75) is 19.8 Å². The first-order chi connectivity index (χ1) is 13.5. The van der Waals surface area contributed by atoms with E-state index in [9.17, 15) is 4.79 Å². The van der Waals surface area contributed by atoms with Gasteiger partial charge in [0.25, 0.3) is 5.91 Å². The number of halogens is 1. The van der Waals surface area contributed by atoms with Gasteiger partial charge in [0.05, 0.1) is 33.0 Å². The van der Waals surface area contributed by atoms with Crippen LogP contribution in [0.1, 0.15) is 29.3 Å². The average Bonchev–Trinajstić information content (AvgIpc) is 2.71. The Kier molecular flexibility index (Phi) is 8.26. The van der Waals surface area contributed by atoms with Crippen molar-refractivity contribution >= 4 is 17.5 Å². The highest BCUT2D eigenvalue weighted by molar-refractivity contribution is 6.32. The minimum Gasteiger partial charge on any atom is -0.493 e. The molecular formula is C21H26ClNO5. The van der Waals surface area contributed by atoms with Crippen LogP contribution in [0.2, 0.25) is 5.02 Å². The quantitative estimate of drug-likeness (QED) is 0.641. The first kappa shape index (κ1) is 21.7. The van der Waals surface area contributed by atoms with Crippen LogP contribution >= 0.6 is 11.6 Å². The molecule has 0 saturated heterocycles. The standard InChI is InChI=1S/C21H26ClNO5/c1-5-10-28-20-16(22)12-15(13-19(20)27-4)21(24)23-9-8-14-6-7-17(25-2)18(11-14)26-3/h6-7,11-13H,5,8-10H2,1-4H3,(H,23,24). The largest absolute Gasteiger partial charge is 0.493 e. The zero-order valence-electron chi connectivity index (χ0n) is 16.6. The van der Waals surface area contributed by atoms with Gasteiger partial charge in [0.2, 0.25) is 0 Å². The number of nitrogens with one attached hydrogen (secondary N) is 1. The van der Waals surface area contributed by atoms with Crippen molar-refractivity contribution in [1.29, 1.82) is 0 Å². The Morgan fingerprint density at radius 1 is 1.00 bits per heavy atom. The summed E-state index contributed by atoms with van der Waals surface area (Å²) in [4.78, 5) is 12.5. The van der Waals surface area contributed by atoms with E-state index in [1.54, 1.807) is 26.4 Å². The summed E-state index contributed by atoms with van der Waals surface area (Å²) < 4.78 is 21.5. The van der Waals surface area contributed by atoms with Crippen LogP contribution in [0.5, 0.6) is 23.0 Å². The van der Waals surface area contributed by atoms with Crippen molar-refractivity contribution in [3.63, 3.8) is 0 Å². The summed E-state index contributed by atoms with van der Waals surface area (Å²) in [5, 5.41) is 3.23. The van der Waals surface area contributed by atoms with Crippen LogP contribution < -0.4 is 24.3 Å². The number of hydrogen-bond acceptors (Lipinski definition) is 5. The van der Waals surface area contributed by atoms with Gasteiger partial charge in [0.1, 0.15) is 0 Å². The van der Waals surface area contributed by atoms with Crippen LogP contribution in [0.3, 0.4) is 0 Å². The Bertz CT molecular complexity index is 810. The van der Waals surface area contributed by atoms with Crippen LogP contribution in [-0.2, 0) is 6.42 Å². The van der Waals surface area contributed by atoms with Gasteiger partial charge in [-0.15, -0.1) is 0 Å². The molecule has 0 aliphatic carbocycles. The monoisotopic (exact) mass is 407 g/mol. The molecule has 0 aliphatic rings. The smallest absolute Gasteiger partial charge is 0.251 e. The van der Waals surface area contributed by atoms with Crippen molar-refractivity contribution in [2.24, 2.45) is 0 Å². The molecule has 0 saturated carbocycles. The number of rotatable bonds is 10. The van der Waals surface area contributed by atoms with Crippen molar-refractivity contribution < 1.29 is 23.7 Å². The molecule has 1 N–H and O–H groups in total. The van der Waals surface area contributed by atoms with Crippen LogP contribution in [0.15, 0.2) is 30.3 Å². The topological polar surface area (TPSA) is 66.0 Å². The average molecular weight is 408 g/mol. The molecule has 0 aliphatic heterocycles. The number of carbonyl (C=O) groups is 1. The lowest BCUT2D eigenvalue weighted by Gasteiger charge is -2.14. The Balaban J connectivity index is 2.02. The second-order valence-corrected chi connectivity index (χ2v) is 6.44. The van der Waals surface area contributed by atoms with E-state index in [4.69, 9.17) is 30.5 Å². The molecule has 0 aromatic heterocycles. The minimum atomic E-state index is -0.234. The zero-order chi connectivity index (χ0) is 20.5. The van der Waals surface area contributed by atoms with Gasteiger partial charge < -0.3 is 24.3 Å². The lowest BCUT2D eigenvalue weighted by Crippen LogP contribution is -2.25. The third kappa shape index (κ3) is 5.45. The summed E-state index contributed by atoms with van der Waals surface area (Å²) in [6.45, 7) is 2.98. The second kappa shape index (κ2) is 10.7. The highest BCUT2D eigenvalue weighted by Crippen LogP contribution is 2.36. The van der Waals surface area contributed by atoms with E-state index in [1.807, 2.05) is 25.1 Å². The van der Waals surface area contributed by atoms with Gasteiger partial charge in [-0.3, -0.25) is 4.79 Å². The molecule has 2 aromatic rings. The molecule has 6 nitrogen and oxygen atoms in total. The minimum absolute atomic E-state index is 0.234. The highest BCUT2D eigenvalue weighted by Gasteiger charge is 2.16. The predicted molar refractivity (Wildman–Crippen MR) is 109 cm³/mol. The molecule has 1 amide bonds. The lowest BCUT2D eigenvalue weighted by atomic mass is 10.1. The summed E-state index contributed by atoms with van der Waals surface area (Å²) in [5.74, 6) is 1.98. The second-order valence-electron chi connectivity index (χ2n) is 6.03. The molecule has 0 radical (unpaired) electrons.